The summed E-state index contributed by atoms with van der Waals surface area (Å²) < 4.78 is 11.1. The fourth-order valence-electron chi connectivity index (χ4n) is 5.86. The van der Waals surface area contributed by atoms with E-state index in [0.29, 0.717) is 45.6 Å². The molecule has 0 aromatic rings. The SMILES string of the molecule is O=C1C[C@@H]2O[C@H](CNC(=O)[C@@H]3CN(CCN3C(=O)C3CCOCC3)C(=O)[C@@H]3C[C@@H](CN3)N1)[C@@H](O)[C@H]2O. The lowest BCUT2D eigenvalue weighted by molar-refractivity contribution is -0.153. The molecule has 5 fully saturated rings. The Morgan fingerprint density at radius 1 is 1.00 bits per heavy atom. The summed E-state index contributed by atoms with van der Waals surface area (Å²) >= 11 is 0. The Bertz CT molecular complexity index is 883. The number of ether oxygens (including phenoxy) is 2. The summed E-state index contributed by atoms with van der Waals surface area (Å²) in [5.41, 5.74) is 0. The molecule has 36 heavy (non-hydrogen) atoms. The maximum atomic E-state index is 13.4. The van der Waals surface area contributed by atoms with Gasteiger partial charge in [-0.3, -0.25) is 19.2 Å². The maximum absolute atomic E-state index is 13.4. The van der Waals surface area contributed by atoms with E-state index >= 15 is 0 Å². The summed E-state index contributed by atoms with van der Waals surface area (Å²) in [4.78, 5) is 55.7. The minimum atomic E-state index is -1.28. The number of fused-ring (bicyclic) bond motifs is 6. The zero-order chi connectivity index (χ0) is 25.4. The first-order chi connectivity index (χ1) is 17.3. The highest BCUT2D eigenvalue weighted by Gasteiger charge is 2.46. The standard InChI is InChI=1S/C23H35N5O8/c29-18-8-16-19(30)20(31)17(36-16)10-25-21(32)15-11-27(23(34)14-7-13(26-18)9-24-14)3-4-28(15)22(33)12-1-5-35-6-2-12/h12-17,19-20,24,30-31H,1-11H2,(H,25,32)(H,26,29)/t13-,14-,15-,16-,17+,19-,20+/m0/s1. The van der Waals surface area contributed by atoms with Crippen LogP contribution < -0.4 is 16.0 Å². The highest BCUT2D eigenvalue weighted by atomic mass is 16.5. The van der Waals surface area contributed by atoms with Gasteiger partial charge in [0.15, 0.2) is 0 Å². The van der Waals surface area contributed by atoms with Crippen LogP contribution in [0.4, 0.5) is 0 Å². The first kappa shape index (κ1) is 25.3. The summed E-state index contributed by atoms with van der Waals surface area (Å²) in [6.07, 6.45) is -2.96. The van der Waals surface area contributed by atoms with Crippen LogP contribution in [0, 0.1) is 5.92 Å². The zero-order valence-corrected chi connectivity index (χ0v) is 20.1. The van der Waals surface area contributed by atoms with Crippen LogP contribution in [0.3, 0.4) is 0 Å². The Kier molecular flexibility index (Phi) is 7.45. The average molecular weight is 510 g/mol. The van der Waals surface area contributed by atoms with Crippen molar-refractivity contribution < 1.29 is 38.9 Å². The lowest BCUT2D eigenvalue weighted by atomic mass is 9.96. The first-order valence-corrected chi connectivity index (χ1v) is 12.8. The predicted molar refractivity (Wildman–Crippen MR) is 122 cm³/mol. The molecule has 0 unspecified atom stereocenters. The van der Waals surface area contributed by atoms with Gasteiger partial charge in [0, 0.05) is 51.4 Å². The molecule has 0 aromatic carbocycles. The Balaban J connectivity index is 1.37. The molecule has 5 aliphatic rings. The Morgan fingerprint density at radius 2 is 1.75 bits per heavy atom. The average Bonchev–Trinajstić information content (AvgIpc) is 3.46. The lowest BCUT2D eigenvalue weighted by Gasteiger charge is -2.43. The lowest BCUT2D eigenvalue weighted by Crippen LogP contribution is -2.64. The molecule has 0 radical (unpaired) electrons. The van der Waals surface area contributed by atoms with E-state index in [-0.39, 0.29) is 55.7 Å². The number of carbonyl (C=O) groups is 4. The highest BCUT2D eigenvalue weighted by Crippen LogP contribution is 2.25. The fraction of sp³-hybridized carbons (Fsp3) is 0.826. The van der Waals surface area contributed by atoms with Crippen LogP contribution in [0.2, 0.25) is 0 Å². The van der Waals surface area contributed by atoms with E-state index < -0.39 is 42.4 Å². The number of nitrogens with zero attached hydrogens (tertiary/aromatic N) is 2. The zero-order valence-electron chi connectivity index (χ0n) is 20.1. The van der Waals surface area contributed by atoms with E-state index in [0.717, 1.165) is 0 Å². The third-order valence-corrected chi connectivity index (χ3v) is 7.97. The number of amides is 4. The summed E-state index contributed by atoms with van der Waals surface area (Å²) in [5.74, 6) is -1.31. The number of piperazine rings is 1. The van der Waals surface area contributed by atoms with Gasteiger partial charge in [-0.2, -0.15) is 0 Å². The monoisotopic (exact) mass is 509 g/mol. The van der Waals surface area contributed by atoms with E-state index in [1.807, 2.05) is 0 Å². The quantitative estimate of drug-likeness (QED) is 0.239. The minimum Gasteiger partial charge on any atom is -0.388 e. The highest BCUT2D eigenvalue weighted by molar-refractivity contribution is 5.90. The summed E-state index contributed by atoms with van der Waals surface area (Å²) in [7, 11) is 0. The van der Waals surface area contributed by atoms with Gasteiger partial charge in [-0.15, -0.1) is 0 Å². The number of hydrogen-bond acceptors (Lipinski definition) is 9. The maximum Gasteiger partial charge on any atom is 0.244 e. The predicted octanol–water partition coefficient (Wildman–Crippen LogP) is -3.69. The summed E-state index contributed by atoms with van der Waals surface area (Å²) in [6, 6.07) is -1.67. The molecule has 5 aliphatic heterocycles. The van der Waals surface area contributed by atoms with Gasteiger partial charge < -0.3 is 45.4 Å². The van der Waals surface area contributed by atoms with Crippen molar-refractivity contribution >= 4 is 23.6 Å². The number of aliphatic hydroxyl groups excluding tert-OH is 2. The second kappa shape index (κ2) is 10.6. The van der Waals surface area contributed by atoms with E-state index in [4.69, 9.17) is 9.47 Å². The summed E-state index contributed by atoms with van der Waals surface area (Å²) in [6.45, 7) is 1.89. The second-order valence-electron chi connectivity index (χ2n) is 10.3. The molecule has 200 valence electrons. The van der Waals surface area contributed by atoms with E-state index in [1.165, 1.54) is 0 Å². The van der Waals surface area contributed by atoms with Crippen molar-refractivity contribution in [3.63, 3.8) is 0 Å². The number of hydrogen-bond donors (Lipinski definition) is 5. The van der Waals surface area contributed by atoms with Gasteiger partial charge in [0.25, 0.3) is 0 Å². The minimum absolute atomic E-state index is 0.0498. The van der Waals surface area contributed by atoms with E-state index in [1.54, 1.807) is 9.80 Å². The third-order valence-electron chi connectivity index (χ3n) is 7.97. The molecule has 0 spiro atoms. The Morgan fingerprint density at radius 3 is 2.53 bits per heavy atom. The van der Waals surface area contributed by atoms with Crippen LogP contribution in [-0.2, 0) is 28.7 Å². The molecule has 0 aliphatic carbocycles. The third kappa shape index (κ3) is 5.07. The Hall–Kier alpha value is -2.32. The number of rotatable bonds is 1. The van der Waals surface area contributed by atoms with Crippen molar-refractivity contribution in [2.45, 2.75) is 68.2 Å². The molecule has 7 atom stereocenters. The topological polar surface area (TPSA) is 170 Å². The fourth-order valence-corrected chi connectivity index (χ4v) is 5.86. The molecule has 5 N–H and O–H groups in total. The molecule has 5 rings (SSSR count). The molecular formula is C23H35N5O8. The molecular weight excluding hydrogens is 474 g/mol. The first-order valence-electron chi connectivity index (χ1n) is 12.8. The van der Waals surface area contributed by atoms with Gasteiger partial charge in [-0.05, 0) is 19.3 Å². The van der Waals surface area contributed by atoms with Crippen LogP contribution >= 0.6 is 0 Å². The smallest absolute Gasteiger partial charge is 0.244 e. The van der Waals surface area contributed by atoms with Crippen molar-refractivity contribution in [2.24, 2.45) is 5.92 Å². The molecule has 13 heteroatoms. The van der Waals surface area contributed by atoms with Crippen molar-refractivity contribution in [1.29, 1.82) is 0 Å². The van der Waals surface area contributed by atoms with Gasteiger partial charge in [0.1, 0.15) is 24.4 Å². The van der Waals surface area contributed by atoms with E-state index in [2.05, 4.69) is 16.0 Å². The largest absolute Gasteiger partial charge is 0.388 e. The summed E-state index contributed by atoms with van der Waals surface area (Å²) in [5, 5.41) is 29.6. The number of aliphatic hydroxyl groups is 2. The molecule has 4 amide bonds. The second-order valence-corrected chi connectivity index (χ2v) is 10.3. The van der Waals surface area contributed by atoms with Crippen LogP contribution in [0.1, 0.15) is 25.7 Å². The van der Waals surface area contributed by atoms with Gasteiger partial charge in [0.2, 0.25) is 23.6 Å². The van der Waals surface area contributed by atoms with Crippen LogP contribution in [-0.4, -0.2) is 132 Å². The van der Waals surface area contributed by atoms with Gasteiger partial charge in [-0.25, -0.2) is 0 Å². The van der Waals surface area contributed by atoms with Crippen molar-refractivity contribution in [3.8, 4) is 0 Å². The molecule has 5 heterocycles. The molecule has 0 aromatic heterocycles. The normalized spacial score (nSPS) is 38.6. The van der Waals surface area contributed by atoms with Crippen LogP contribution in [0.25, 0.3) is 0 Å². The molecule has 5 saturated heterocycles. The van der Waals surface area contributed by atoms with Crippen LogP contribution in [0.5, 0.6) is 0 Å². The van der Waals surface area contributed by atoms with Gasteiger partial charge >= 0.3 is 0 Å². The van der Waals surface area contributed by atoms with Crippen molar-refractivity contribution in [2.75, 3.05) is 45.9 Å². The van der Waals surface area contributed by atoms with Crippen LogP contribution in [0.15, 0.2) is 0 Å². The van der Waals surface area contributed by atoms with Gasteiger partial charge in [0.05, 0.1) is 25.1 Å². The van der Waals surface area contributed by atoms with Gasteiger partial charge in [-0.1, -0.05) is 0 Å². The molecule has 0 saturated carbocycles. The number of nitrogens with one attached hydrogen (secondary N) is 3. The number of carbonyl (C=O) groups excluding carboxylic acids is 4. The van der Waals surface area contributed by atoms with E-state index in [9.17, 15) is 29.4 Å². The van der Waals surface area contributed by atoms with Crippen molar-refractivity contribution in [3.05, 3.63) is 0 Å². The Labute approximate surface area is 208 Å². The molecule has 13 nitrogen and oxygen atoms in total. The van der Waals surface area contributed by atoms with Crippen molar-refractivity contribution in [1.82, 2.24) is 25.8 Å². The molecule has 6 bridgehead atoms.